The second kappa shape index (κ2) is 3.17. The lowest BCUT2D eigenvalue weighted by molar-refractivity contribution is -0.142. The molecule has 0 saturated carbocycles. The average Bonchev–Trinajstić information content (AvgIpc) is 2.38. The first-order chi connectivity index (χ1) is 4.84. The molecule has 0 aromatic carbocycles. The topological polar surface area (TPSA) is 59.9 Å². The SMILES string of the molecule is CCOC(=O)[C]1N=CON1. The van der Waals surface area contributed by atoms with E-state index in [4.69, 9.17) is 0 Å². The molecule has 1 heterocycles. The Morgan fingerprint density at radius 1 is 2.00 bits per heavy atom. The van der Waals surface area contributed by atoms with Crippen molar-refractivity contribution in [1.82, 2.24) is 5.48 Å². The summed E-state index contributed by atoms with van der Waals surface area (Å²) in [5.74, 6) is -0.503. The van der Waals surface area contributed by atoms with Crippen molar-refractivity contribution in [3.8, 4) is 0 Å². The molecule has 0 bridgehead atoms. The van der Waals surface area contributed by atoms with Crippen molar-refractivity contribution >= 4 is 12.4 Å². The molecule has 0 saturated heterocycles. The fourth-order valence-electron chi connectivity index (χ4n) is 0.481. The summed E-state index contributed by atoms with van der Waals surface area (Å²) < 4.78 is 4.59. The molecule has 5 nitrogen and oxygen atoms in total. The third-order valence-corrected chi connectivity index (χ3v) is 0.859. The highest BCUT2D eigenvalue weighted by atomic mass is 16.7. The zero-order valence-electron chi connectivity index (χ0n) is 5.46. The first-order valence-corrected chi connectivity index (χ1v) is 2.83. The van der Waals surface area contributed by atoms with Crippen molar-refractivity contribution in [2.24, 2.45) is 4.99 Å². The number of aliphatic imine (C=N–C) groups is 1. The van der Waals surface area contributed by atoms with E-state index < -0.39 is 5.97 Å². The summed E-state index contributed by atoms with van der Waals surface area (Å²) in [5, 5.41) is 0. The predicted octanol–water partition coefficient (Wildman–Crippen LogP) is -0.398. The second-order valence-corrected chi connectivity index (χ2v) is 1.52. The summed E-state index contributed by atoms with van der Waals surface area (Å²) in [5.41, 5.74) is 2.26. The molecule has 0 aromatic rings. The van der Waals surface area contributed by atoms with Crippen LogP contribution in [0.3, 0.4) is 0 Å². The van der Waals surface area contributed by atoms with Gasteiger partial charge in [0, 0.05) is 0 Å². The van der Waals surface area contributed by atoms with Crippen LogP contribution in [0.5, 0.6) is 0 Å². The van der Waals surface area contributed by atoms with Crippen molar-refractivity contribution in [2.45, 2.75) is 6.92 Å². The molecule has 1 aliphatic rings. The van der Waals surface area contributed by atoms with Crippen molar-refractivity contribution in [1.29, 1.82) is 0 Å². The molecule has 1 aliphatic heterocycles. The highest BCUT2D eigenvalue weighted by molar-refractivity contribution is 5.85. The molecular formula is C5H7N2O3. The Kier molecular flexibility index (Phi) is 2.22. The highest BCUT2D eigenvalue weighted by Gasteiger charge is 2.23. The van der Waals surface area contributed by atoms with Gasteiger partial charge in [-0.2, -0.15) is 0 Å². The molecule has 0 atom stereocenters. The zero-order chi connectivity index (χ0) is 7.40. The van der Waals surface area contributed by atoms with Crippen LogP contribution in [0.2, 0.25) is 0 Å². The van der Waals surface area contributed by atoms with E-state index >= 15 is 0 Å². The van der Waals surface area contributed by atoms with Crippen LogP contribution in [0, 0.1) is 6.17 Å². The van der Waals surface area contributed by atoms with Crippen molar-refractivity contribution in [3.63, 3.8) is 0 Å². The third-order valence-electron chi connectivity index (χ3n) is 0.859. The highest BCUT2D eigenvalue weighted by Crippen LogP contribution is 2.03. The maximum Gasteiger partial charge on any atom is 0.357 e. The van der Waals surface area contributed by atoms with E-state index in [9.17, 15) is 4.79 Å². The number of nitrogens with zero attached hydrogens (tertiary/aromatic N) is 1. The molecule has 0 spiro atoms. The average molecular weight is 143 g/mol. The van der Waals surface area contributed by atoms with Crippen molar-refractivity contribution in [2.75, 3.05) is 6.61 Å². The van der Waals surface area contributed by atoms with Crippen molar-refractivity contribution < 1.29 is 14.4 Å². The summed E-state index contributed by atoms with van der Waals surface area (Å²) >= 11 is 0. The monoisotopic (exact) mass is 143 g/mol. The Labute approximate surface area is 58.0 Å². The number of hydrogen-bond acceptors (Lipinski definition) is 5. The smallest absolute Gasteiger partial charge is 0.357 e. The van der Waals surface area contributed by atoms with Crippen LogP contribution in [-0.2, 0) is 14.4 Å². The third kappa shape index (κ3) is 1.44. The molecule has 5 heteroatoms. The van der Waals surface area contributed by atoms with E-state index in [1.807, 2.05) is 0 Å². The number of rotatable bonds is 2. The van der Waals surface area contributed by atoms with Crippen LogP contribution in [0.4, 0.5) is 0 Å². The molecular weight excluding hydrogens is 136 g/mol. The number of nitrogens with one attached hydrogen (secondary N) is 1. The lowest BCUT2D eigenvalue weighted by Crippen LogP contribution is -2.23. The van der Waals surface area contributed by atoms with Gasteiger partial charge in [0.2, 0.25) is 0 Å². The van der Waals surface area contributed by atoms with Crippen molar-refractivity contribution in [3.05, 3.63) is 6.17 Å². The normalized spacial score (nSPS) is 16.9. The fourth-order valence-corrected chi connectivity index (χ4v) is 0.481. The summed E-state index contributed by atoms with van der Waals surface area (Å²) in [6.45, 7) is 2.05. The van der Waals surface area contributed by atoms with Crippen LogP contribution in [-0.4, -0.2) is 19.0 Å². The van der Waals surface area contributed by atoms with Gasteiger partial charge >= 0.3 is 5.97 Å². The standard InChI is InChI=1S/C5H7N2O3/c1-2-9-5(8)4-6-3-10-7-4/h3,7H,2H2,1H3. The van der Waals surface area contributed by atoms with Gasteiger partial charge in [-0.3, -0.25) is 0 Å². The summed E-state index contributed by atoms with van der Waals surface area (Å²) in [6.07, 6.45) is 1.22. The maximum atomic E-state index is 10.7. The predicted molar refractivity (Wildman–Crippen MR) is 32.6 cm³/mol. The number of carbonyl (C=O) groups excluding carboxylic acids is 1. The van der Waals surface area contributed by atoms with E-state index in [1.165, 1.54) is 0 Å². The Morgan fingerprint density at radius 2 is 2.80 bits per heavy atom. The van der Waals surface area contributed by atoms with Gasteiger partial charge in [-0.25, -0.2) is 9.79 Å². The van der Waals surface area contributed by atoms with Crippen LogP contribution in [0.1, 0.15) is 6.92 Å². The molecule has 0 aliphatic carbocycles. The van der Waals surface area contributed by atoms with E-state index in [1.54, 1.807) is 6.92 Å². The molecule has 55 valence electrons. The van der Waals surface area contributed by atoms with Crippen LogP contribution in [0.25, 0.3) is 0 Å². The minimum Gasteiger partial charge on any atom is -0.463 e. The minimum atomic E-state index is -0.503. The number of hydroxylamine groups is 1. The first kappa shape index (κ1) is 7.01. The maximum absolute atomic E-state index is 10.7. The lowest BCUT2D eigenvalue weighted by atomic mass is 10.5. The van der Waals surface area contributed by atoms with Gasteiger partial charge in [-0.05, 0) is 6.92 Å². The molecule has 0 fully saturated rings. The summed E-state index contributed by atoms with van der Waals surface area (Å²) in [6, 6.07) is 0. The number of ether oxygens (including phenoxy) is 1. The zero-order valence-corrected chi connectivity index (χ0v) is 5.46. The first-order valence-electron chi connectivity index (χ1n) is 2.83. The van der Waals surface area contributed by atoms with Crippen LogP contribution < -0.4 is 5.48 Å². The van der Waals surface area contributed by atoms with E-state index in [0.29, 0.717) is 6.61 Å². The Hall–Kier alpha value is -1.10. The van der Waals surface area contributed by atoms with Gasteiger partial charge in [0.05, 0.1) is 6.61 Å². The number of hydrogen-bond donors (Lipinski definition) is 1. The van der Waals surface area contributed by atoms with Gasteiger partial charge in [-0.15, -0.1) is 5.48 Å². The summed E-state index contributed by atoms with van der Waals surface area (Å²) in [4.78, 5) is 18.7. The Balaban J connectivity index is 2.33. The number of esters is 1. The van der Waals surface area contributed by atoms with Crippen LogP contribution in [0.15, 0.2) is 4.99 Å². The largest absolute Gasteiger partial charge is 0.463 e. The van der Waals surface area contributed by atoms with Gasteiger partial charge in [0.25, 0.3) is 6.17 Å². The molecule has 1 N–H and O–H groups in total. The molecule has 10 heavy (non-hydrogen) atoms. The fraction of sp³-hybridized carbons (Fsp3) is 0.400. The Morgan fingerprint density at radius 3 is 3.30 bits per heavy atom. The lowest BCUT2D eigenvalue weighted by Gasteiger charge is -2.02. The number of carbonyl (C=O) groups is 1. The van der Waals surface area contributed by atoms with Gasteiger partial charge < -0.3 is 9.57 Å². The molecule has 1 radical (unpaired) electrons. The molecule has 1 rings (SSSR count). The van der Waals surface area contributed by atoms with Gasteiger partial charge in [0.1, 0.15) is 0 Å². The molecule has 0 amide bonds. The van der Waals surface area contributed by atoms with Gasteiger partial charge in [0.15, 0.2) is 6.40 Å². The minimum absolute atomic E-state index is 0.0850. The quantitative estimate of drug-likeness (QED) is 0.534. The second-order valence-electron chi connectivity index (χ2n) is 1.52. The molecule has 0 unspecified atom stereocenters. The van der Waals surface area contributed by atoms with E-state index in [2.05, 4.69) is 20.0 Å². The van der Waals surface area contributed by atoms with E-state index in [-0.39, 0.29) is 6.17 Å². The summed E-state index contributed by atoms with van der Waals surface area (Å²) in [7, 11) is 0. The van der Waals surface area contributed by atoms with Gasteiger partial charge in [-0.1, -0.05) is 0 Å². The van der Waals surface area contributed by atoms with E-state index in [0.717, 1.165) is 6.40 Å². The molecule has 0 aromatic heterocycles. The Bertz CT molecular complexity index is 157. The van der Waals surface area contributed by atoms with Crippen LogP contribution >= 0.6 is 0 Å².